The van der Waals surface area contributed by atoms with Gasteiger partial charge in [0.25, 0.3) is 5.56 Å². The lowest BCUT2D eigenvalue weighted by Crippen LogP contribution is -2.35. The highest BCUT2D eigenvalue weighted by molar-refractivity contribution is 5.46. The molecule has 0 unspecified atom stereocenters. The first kappa shape index (κ1) is 14.0. The number of nitrogens with zero attached hydrogens (tertiary/aromatic N) is 4. The van der Waals surface area contributed by atoms with Crippen molar-refractivity contribution in [1.82, 2.24) is 24.6 Å². The third-order valence-corrected chi connectivity index (χ3v) is 4.21. The molecule has 0 amide bonds. The topological polar surface area (TPSA) is 80.0 Å². The maximum Gasteiger partial charge on any atom is 0.256 e. The second-order valence-corrected chi connectivity index (χ2v) is 5.72. The van der Waals surface area contributed by atoms with Gasteiger partial charge in [0.2, 0.25) is 0 Å². The third-order valence-electron chi connectivity index (χ3n) is 4.21. The molecule has 4 heterocycles. The van der Waals surface area contributed by atoms with Crippen LogP contribution in [-0.2, 0) is 26.6 Å². The molecule has 0 fully saturated rings. The van der Waals surface area contributed by atoms with E-state index in [1.54, 1.807) is 24.6 Å². The molecule has 0 radical (unpaired) electrons. The number of aromatic nitrogens is 4. The highest BCUT2D eigenvalue weighted by Gasteiger charge is 2.22. The van der Waals surface area contributed by atoms with Crippen molar-refractivity contribution in [3.05, 3.63) is 58.0 Å². The average Bonchev–Trinajstić information content (AvgIpc) is 3.20. The van der Waals surface area contributed by atoms with Crippen molar-refractivity contribution in [2.75, 3.05) is 6.54 Å². The molecule has 0 bridgehead atoms. The summed E-state index contributed by atoms with van der Waals surface area (Å²) >= 11 is 0. The van der Waals surface area contributed by atoms with Gasteiger partial charge < -0.3 is 9.40 Å². The lowest BCUT2D eigenvalue weighted by Gasteiger charge is -2.27. The second-order valence-electron chi connectivity index (χ2n) is 5.72. The molecule has 0 saturated heterocycles. The second kappa shape index (κ2) is 5.51. The Morgan fingerprint density at radius 3 is 3.04 bits per heavy atom. The Morgan fingerprint density at radius 2 is 2.30 bits per heavy atom. The highest BCUT2D eigenvalue weighted by atomic mass is 16.3. The van der Waals surface area contributed by atoms with Gasteiger partial charge in [-0.1, -0.05) is 0 Å². The van der Waals surface area contributed by atoms with Gasteiger partial charge in [-0.15, -0.1) is 0 Å². The summed E-state index contributed by atoms with van der Waals surface area (Å²) in [6.07, 6.45) is 4.12. The van der Waals surface area contributed by atoms with Gasteiger partial charge in [0.05, 0.1) is 23.2 Å². The number of aromatic amines is 1. The SMILES string of the molecule is Cn1nccc1CN1CCc2nc(-c3ccco3)[nH]c(=O)c2C1. The summed E-state index contributed by atoms with van der Waals surface area (Å²) in [5.74, 6) is 1.08. The van der Waals surface area contributed by atoms with Gasteiger partial charge in [-0.2, -0.15) is 5.10 Å². The molecule has 7 nitrogen and oxygen atoms in total. The molecule has 1 N–H and O–H groups in total. The molecule has 1 aliphatic heterocycles. The molecule has 0 saturated carbocycles. The molecule has 7 heteroatoms. The molecular weight excluding hydrogens is 294 g/mol. The predicted octanol–water partition coefficient (Wildman–Crippen LogP) is 1.32. The van der Waals surface area contributed by atoms with Crippen LogP contribution in [0.4, 0.5) is 0 Å². The molecule has 0 atom stereocenters. The lowest BCUT2D eigenvalue weighted by molar-refractivity contribution is 0.235. The summed E-state index contributed by atoms with van der Waals surface area (Å²) < 4.78 is 7.18. The van der Waals surface area contributed by atoms with Gasteiger partial charge in [-0.25, -0.2) is 4.98 Å². The molecule has 0 aromatic carbocycles. The molecule has 1 aliphatic rings. The molecule has 3 aromatic rings. The van der Waals surface area contributed by atoms with Crippen molar-refractivity contribution >= 4 is 0 Å². The molecule has 0 aliphatic carbocycles. The van der Waals surface area contributed by atoms with E-state index in [4.69, 9.17) is 4.42 Å². The van der Waals surface area contributed by atoms with E-state index in [1.165, 1.54) is 0 Å². The number of hydrogen-bond donors (Lipinski definition) is 1. The van der Waals surface area contributed by atoms with Crippen LogP contribution in [0.25, 0.3) is 11.6 Å². The molecule has 3 aromatic heterocycles. The minimum atomic E-state index is -0.0869. The van der Waals surface area contributed by atoms with Crippen molar-refractivity contribution in [3.63, 3.8) is 0 Å². The third kappa shape index (κ3) is 2.59. The minimum Gasteiger partial charge on any atom is -0.461 e. The predicted molar refractivity (Wildman–Crippen MR) is 83.6 cm³/mol. The zero-order chi connectivity index (χ0) is 15.8. The summed E-state index contributed by atoms with van der Waals surface area (Å²) in [5.41, 5.74) is 2.65. The maximum absolute atomic E-state index is 12.4. The van der Waals surface area contributed by atoms with E-state index in [0.717, 1.165) is 36.5 Å². The molecule has 23 heavy (non-hydrogen) atoms. The van der Waals surface area contributed by atoms with Crippen LogP contribution in [0.5, 0.6) is 0 Å². The van der Waals surface area contributed by atoms with Crippen LogP contribution in [0.15, 0.2) is 39.9 Å². The van der Waals surface area contributed by atoms with Crippen molar-refractivity contribution in [2.24, 2.45) is 7.05 Å². The summed E-state index contributed by atoms with van der Waals surface area (Å²) in [6, 6.07) is 5.57. The molecule has 4 rings (SSSR count). The fourth-order valence-electron chi connectivity index (χ4n) is 2.93. The average molecular weight is 311 g/mol. The van der Waals surface area contributed by atoms with E-state index in [2.05, 4.69) is 20.0 Å². The molecule has 118 valence electrons. The normalized spacial score (nSPS) is 14.8. The minimum absolute atomic E-state index is 0.0869. The number of furan rings is 1. The summed E-state index contributed by atoms with van der Waals surface area (Å²) in [7, 11) is 1.93. The van der Waals surface area contributed by atoms with Gasteiger partial charge in [-0.05, 0) is 18.2 Å². The fraction of sp³-hybridized carbons (Fsp3) is 0.312. The Bertz CT molecular complexity index is 878. The zero-order valence-corrected chi connectivity index (χ0v) is 12.8. The van der Waals surface area contributed by atoms with Gasteiger partial charge in [0.1, 0.15) is 0 Å². The van der Waals surface area contributed by atoms with Crippen LogP contribution >= 0.6 is 0 Å². The quantitative estimate of drug-likeness (QED) is 0.789. The van der Waals surface area contributed by atoms with Crippen molar-refractivity contribution < 1.29 is 4.42 Å². The van der Waals surface area contributed by atoms with Gasteiger partial charge in [-0.3, -0.25) is 14.4 Å². The van der Waals surface area contributed by atoms with E-state index in [-0.39, 0.29) is 5.56 Å². The van der Waals surface area contributed by atoms with Crippen LogP contribution in [0.3, 0.4) is 0 Å². The van der Waals surface area contributed by atoms with Crippen LogP contribution in [0, 0.1) is 0 Å². The summed E-state index contributed by atoms with van der Waals surface area (Å²) in [4.78, 5) is 22.0. The number of aryl methyl sites for hydroxylation is 1. The van der Waals surface area contributed by atoms with Crippen LogP contribution in [-0.4, -0.2) is 31.2 Å². The van der Waals surface area contributed by atoms with Crippen LogP contribution in [0.2, 0.25) is 0 Å². The van der Waals surface area contributed by atoms with Crippen molar-refractivity contribution in [3.8, 4) is 11.6 Å². The lowest BCUT2D eigenvalue weighted by atomic mass is 10.1. The fourth-order valence-corrected chi connectivity index (χ4v) is 2.93. The van der Waals surface area contributed by atoms with E-state index in [0.29, 0.717) is 18.1 Å². The Balaban J connectivity index is 1.60. The standard InChI is InChI=1S/C16H17N5O2/c1-20-11(4-6-17-20)9-21-7-5-13-12(10-21)16(22)19-15(18-13)14-3-2-8-23-14/h2-4,6,8H,5,7,9-10H2,1H3,(H,18,19,22). The first-order chi connectivity index (χ1) is 11.2. The monoisotopic (exact) mass is 311 g/mol. The van der Waals surface area contributed by atoms with Gasteiger partial charge >= 0.3 is 0 Å². The first-order valence-electron chi connectivity index (χ1n) is 7.56. The van der Waals surface area contributed by atoms with E-state index < -0.39 is 0 Å². The Hall–Kier alpha value is -2.67. The van der Waals surface area contributed by atoms with E-state index in [9.17, 15) is 4.79 Å². The van der Waals surface area contributed by atoms with Crippen molar-refractivity contribution in [2.45, 2.75) is 19.5 Å². The molecule has 0 spiro atoms. The van der Waals surface area contributed by atoms with E-state index >= 15 is 0 Å². The number of nitrogens with one attached hydrogen (secondary N) is 1. The Labute approximate surface area is 132 Å². The maximum atomic E-state index is 12.4. The smallest absolute Gasteiger partial charge is 0.256 e. The Kier molecular flexibility index (Phi) is 3.34. The van der Waals surface area contributed by atoms with Crippen LogP contribution < -0.4 is 5.56 Å². The van der Waals surface area contributed by atoms with Crippen molar-refractivity contribution in [1.29, 1.82) is 0 Å². The van der Waals surface area contributed by atoms with E-state index in [1.807, 2.05) is 17.8 Å². The summed E-state index contributed by atoms with van der Waals surface area (Å²) in [6.45, 7) is 2.24. The Morgan fingerprint density at radius 1 is 1.39 bits per heavy atom. The number of rotatable bonds is 3. The summed E-state index contributed by atoms with van der Waals surface area (Å²) in [5, 5.41) is 4.18. The number of H-pyrrole nitrogens is 1. The number of hydrogen-bond acceptors (Lipinski definition) is 5. The van der Waals surface area contributed by atoms with Gasteiger partial charge in [0, 0.05) is 39.3 Å². The first-order valence-corrected chi connectivity index (χ1v) is 7.56. The zero-order valence-electron chi connectivity index (χ0n) is 12.8. The largest absolute Gasteiger partial charge is 0.461 e. The highest BCUT2D eigenvalue weighted by Crippen LogP contribution is 2.20. The van der Waals surface area contributed by atoms with Gasteiger partial charge in [0.15, 0.2) is 11.6 Å². The molecular formula is C16H17N5O2. The van der Waals surface area contributed by atoms with Crippen LogP contribution in [0.1, 0.15) is 17.0 Å². The number of fused-ring (bicyclic) bond motifs is 1.